The van der Waals surface area contributed by atoms with Gasteiger partial charge in [0.2, 0.25) is 5.91 Å². The van der Waals surface area contributed by atoms with Crippen molar-refractivity contribution in [2.24, 2.45) is 12.8 Å². The summed E-state index contributed by atoms with van der Waals surface area (Å²) in [6.07, 6.45) is 1.61. The van der Waals surface area contributed by atoms with Crippen molar-refractivity contribution in [2.75, 3.05) is 19.6 Å². The molecule has 25 heavy (non-hydrogen) atoms. The van der Waals surface area contributed by atoms with Gasteiger partial charge >= 0.3 is 0 Å². The Morgan fingerprint density at radius 2 is 1.96 bits per heavy atom. The number of nitrogens with two attached hydrogens (primary N) is 1. The van der Waals surface area contributed by atoms with Crippen LogP contribution in [0.15, 0.2) is 6.07 Å². The van der Waals surface area contributed by atoms with Crippen LogP contribution in [0.5, 0.6) is 0 Å². The number of aryl methyl sites for hydroxylation is 3. The third-order valence-electron chi connectivity index (χ3n) is 4.74. The van der Waals surface area contributed by atoms with Crippen molar-refractivity contribution in [3.05, 3.63) is 23.0 Å². The Morgan fingerprint density at radius 1 is 1.28 bits per heavy atom. The lowest BCUT2D eigenvalue weighted by Gasteiger charge is -2.31. The van der Waals surface area contributed by atoms with Gasteiger partial charge in [0.15, 0.2) is 5.65 Å². The van der Waals surface area contributed by atoms with E-state index in [4.69, 9.17) is 5.73 Å². The van der Waals surface area contributed by atoms with E-state index in [2.05, 4.69) is 15.4 Å². The van der Waals surface area contributed by atoms with Crippen LogP contribution in [0.1, 0.15) is 34.6 Å². The van der Waals surface area contributed by atoms with E-state index < -0.39 is 0 Å². The van der Waals surface area contributed by atoms with Crippen molar-refractivity contribution >= 4 is 22.8 Å². The van der Waals surface area contributed by atoms with E-state index in [9.17, 15) is 9.59 Å². The summed E-state index contributed by atoms with van der Waals surface area (Å²) in [6.45, 7) is 5.54. The predicted molar refractivity (Wildman–Crippen MR) is 94.1 cm³/mol. The van der Waals surface area contributed by atoms with E-state index in [1.807, 2.05) is 31.9 Å². The van der Waals surface area contributed by atoms with Gasteiger partial charge in [-0.1, -0.05) is 0 Å². The average molecular weight is 344 g/mol. The van der Waals surface area contributed by atoms with Gasteiger partial charge in [-0.2, -0.15) is 5.10 Å². The van der Waals surface area contributed by atoms with E-state index in [1.54, 1.807) is 4.68 Å². The van der Waals surface area contributed by atoms with Crippen molar-refractivity contribution < 1.29 is 9.59 Å². The molecule has 8 nitrogen and oxygen atoms in total. The van der Waals surface area contributed by atoms with Gasteiger partial charge in [0.1, 0.15) is 0 Å². The summed E-state index contributed by atoms with van der Waals surface area (Å²) in [5.41, 5.74) is 8.15. The lowest BCUT2D eigenvalue weighted by Crippen LogP contribution is -2.46. The lowest BCUT2D eigenvalue weighted by atomic mass is 10.0. The Balaban J connectivity index is 1.70. The highest BCUT2D eigenvalue weighted by atomic mass is 16.2. The van der Waals surface area contributed by atoms with Gasteiger partial charge in [-0.25, -0.2) is 4.98 Å². The Morgan fingerprint density at radius 3 is 2.60 bits per heavy atom. The minimum absolute atomic E-state index is 0.0988. The molecule has 2 aromatic rings. The first-order valence-corrected chi connectivity index (χ1v) is 8.47. The number of hydrogen-bond acceptors (Lipinski definition) is 5. The summed E-state index contributed by atoms with van der Waals surface area (Å²) in [5, 5.41) is 8.35. The number of nitrogens with one attached hydrogen (secondary N) is 1. The first kappa shape index (κ1) is 17.3. The molecular weight excluding hydrogens is 320 g/mol. The number of rotatable bonds is 4. The Kier molecular flexibility index (Phi) is 4.71. The SMILES string of the molecule is Cc1nc2c(cc1C(=O)NC1CCN(CC(N)=O)CC1)c(C)nn2C. The Hall–Kier alpha value is -2.48. The van der Waals surface area contributed by atoms with Gasteiger partial charge in [-0.05, 0) is 32.8 Å². The fourth-order valence-corrected chi connectivity index (χ4v) is 3.38. The molecule has 0 aliphatic carbocycles. The first-order valence-electron chi connectivity index (χ1n) is 8.47. The average Bonchev–Trinajstić information content (AvgIpc) is 2.82. The largest absolute Gasteiger partial charge is 0.369 e. The van der Waals surface area contributed by atoms with Crippen molar-refractivity contribution in [1.82, 2.24) is 25.0 Å². The van der Waals surface area contributed by atoms with Crippen LogP contribution in [-0.2, 0) is 11.8 Å². The molecule has 1 saturated heterocycles. The van der Waals surface area contributed by atoms with Crippen molar-refractivity contribution in [3.63, 3.8) is 0 Å². The number of nitrogens with zero attached hydrogens (tertiary/aromatic N) is 4. The number of carbonyl (C=O) groups is 2. The van der Waals surface area contributed by atoms with Gasteiger partial charge in [0.25, 0.3) is 5.91 Å². The third-order valence-corrected chi connectivity index (χ3v) is 4.74. The van der Waals surface area contributed by atoms with Crippen molar-refractivity contribution in [3.8, 4) is 0 Å². The number of piperidine rings is 1. The van der Waals surface area contributed by atoms with Crippen LogP contribution in [0.25, 0.3) is 11.0 Å². The van der Waals surface area contributed by atoms with E-state index in [0.29, 0.717) is 11.3 Å². The van der Waals surface area contributed by atoms with Crippen LogP contribution in [0.2, 0.25) is 0 Å². The smallest absolute Gasteiger partial charge is 0.253 e. The maximum absolute atomic E-state index is 12.7. The summed E-state index contributed by atoms with van der Waals surface area (Å²) in [5.74, 6) is -0.423. The van der Waals surface area contributed by atoms with Crippen LogP contribution >= 0.6 is 0 Å². The molecule has 3 rings (SSSR count). The van der Waals surface area contributed by atoms with Gasteiger partial charge in [-0.3, -0.25) is 19.2 Å². The number of amides is 2. The molecule has 0 bridgehead atoms. The zero-order chi connectivity index (χ0) is 18.1. The molecule has 0 spiro atoms. The number of primary amides is 1. The normalized spacial score (nSPS) is 16.3. The number of carbonyl (C=O) groups excluding carboxylic acids is 2. The molecular formula is C17H24N6O2. The Bertz CT molecular complexity index is 820. The monoisotopic (exact) mass is 344 g/mol. The second-order valence-electron chi connectivity index (χ2n) is 6.69. The minimum atomic E-state index is -0.315. The van der Waals surface area contributed by atoms with Gasteiger partial charge in [0.05, 0.1) is 23.5 Å². The fraction of sp³-hybridized carbons (Fsp3) is 0.529. The maximum atomic E-state index is 12.7. The minimum Gasteiger partial charge on any atom is -0.369 e. The van der Waals surface area contributed by atoms with E-state index in [0.717, 1.165) is 42.7 Å². The second kappa shape index (κ2) is 6.79. The molecule has 1 aliphatic rings. The Labute approximate surface area is 146 Å². The molecule has 0 atom stereocenters. The zero-order valence-electron chi connectivity index (χ0n) is 14.9. The lowest BCUT2D eigenvalue weighted by molar-refractivity contribution is -0.119. The molecule has 3 heterocycles. The molecule has 134 valence electrons. The maximum Gasteiger partial charge on any atom is 0.253 e. The predicted octanol–water partition coefficient (Wildman–Crippen LogP) is 0.265. The summed E-state index contributed by atoms with van der Waals surface area (Å²) in [4.78, 5) is 30.2. The van der Waals surface area contributed by atoms with Crippen LogP contribution in [-0.4, -0.2) is 57.2 Å². The van der Waals surface area contributed by atoms with Crippen LogP contribution in [0, 0.1) is 13.8 Å². The summed E-state index contributed by atoms with van der Waals surface area (Å²) >= 11 is 0. The molecule has 1 fully saturated rings. The molecule has 3 N–H and O–H groups in total. The highest BCUT2D eigenvalue weighted by molar-refractivity contribution is 5.98. The number of fused-ring (bicyclic) bond motifs is 1. The van der Waals surface area contributed by atoms with E-state index in [-0.39, 0.29) is 24.4 Å². The molecule has 2 amide bonds. The number of likely N-dealkylation sites (tertiary alicyclic amines) is 1. The zero-order valence-corrected chi connectivity index (χ0v) is 14.9. The molecule has 0 unspecified atom stereocenters. The van der Waals surface area contributed by atoms with Gasteiger partial charge in [0, 0.05) is 31.6 Å². The van der Waals surface area contributed by atoms with Crippen molar-refractivity contribution in [1.29, 1.82) is 0 Å². The number of hydrogen-bond donors (Lipinski definition) is 2. The highest BCUT2D eigenvalue weighted by Gasteiger charge is 2.23. The number of pyridine rings is 1. The van der Waals surface area contributed by atoms with Crippen LogP contribution in [0.3, 0.4) is 0 Å². The van der Waals surface area contributed by atoms with Gasteiger partial charge < -0.3 is 11.1 Å². The van der Waals surface area contributed by atoms with Crippen LogP contribution in [0.4, 0.5) is 0 Å². The van der Waals surface area contributed by atoms with E-state index >= 15 is 0 Å². The third kappa shape index (κ3) is 3.63. The summed E-state index contributed by atoms with van der Waals surface area (Å²) in [6, 6.07) is 1.97. The molecule has 0 saturated carbocycles. The topological polar surface area (TPSA) is 106 Å². The molecule has 0 radical (unpaired) electrons. The highest BCUT2D eigenvalue weighted by Crippen LogP contribution is 2.20. The van der Waals surface area contributed by atoms with Crippen LogP contribution < -0.4 is 11.1 Å². The van der Waals surface area contributed by atoms with Gasteiger partial charge in [-0.15, -0.1) is 0 Å². The molecule has 0 aromatic carbocycles. The second-order valence-corrected chi connectivity index (χ2v) is 6.69. The standard InChI is InChI=1S/C17H24N6O2/c1-10-14(8-13-11(2)21-22(3)16(13)19-10)17(25)20-12-4-6-23(7-5-12)9-15(18)24/h8,12H,4-7,9H2,1-3H3,(H2,18,24)(H,20,25). The van der Waals surface area contributed by atoms with Crippen molar-refractivity contribution in [2.45, 2.75) is 32.7 Å². The summed E-state index contributed by atoms with van der Waals surface area (Å²) < 4.78 is 1.73. The molecule has 8 heteroatoms. The first-order chi connectivity index (χ1) is 11.8. The number of aromatic nitrogens is 3. The quantitative estimate of drug-likeness (QED) is 0.828. The molecule has 2 aromatic heterocycles. The summed E-state index contributed by atoms with van der Waals surface area (Å²) in [7, 11) is 1.85. The molecule has 1 aliphatic heterocycles. The fourth-order valence-electron chi connectivity index (χ4n) is 3.38. The van der Waals surface area contributed by atoms with E-state index in [1.165, 1.54) is 0 Å².